The first-order valence-electron chi connectivity index (χ1n) is 15.4. The minimum atomic E-state index is -0.632. The van der Waals surface area contributed by atoms with Crippen molar-refractivity contribution in [2.24, 2.45) is 17.4 Å². The Labute approximate surface area is 251 Å². The summed E-state index contributed by atoms with van der Waals surface area (Å²) in [5.41, 5.74) is 12.7. The Morgan fingerprint density at radius 1 is 1.07 bits per heavy atom. The van der Waals surface area contributed by atoms with Crippen molar-refractivity contribution in [3.05, 3.63) is 35.4 Å². The minimum absolute atomic E-state index is 0.0186. The summed E-state index contributed by atoms with van der Waals surface area (Å²) in [6.07, 6.45) is 11.0. The molecule has 0 spiro atoms. The van der Waals surface area contributed by atoms with Crippen LogP contribution in [0, 0.1) is 5.92 Å². The molecule has 1 heterocycles. The van der Waals surface area contributed by atoms with Crippen LogP contribution in [0.4, 0.5) is 4.79 Å². The topological polar surface area (TPSA) is 148 Å². The average molecular weight is 588 g/mol. The smallest absolute Gasteiger partial charge is 0.410 e. The largest absolute Gasteiger partial charge is 0.444 e. The molecule has 1 aliphatic heterocycles. The monoisotopic (exact) mass is 587 g/mol. The lowest BCUT2D eigenvalue weighted by molar-refractivity contribution is -0.139. The van der Waals surface area contributed by atoms with E-state index in [2.05, 4.69) is 35.3 Å². The molecule has 236 valence electrons. The number of rotatable bonds is 5. The number of nitrogens with one attached hydrogen (secondary N) is 1. The van der Waals surface area contributed by atoms with Crippen molar-refractivity contribution in [2.75, 3.05) is 20.1 Å². The fourth-order valence-corrected chi connectivity index (χ4v) is 5.92. The lowest BCUT2D eigenvalue weighted by Gasteiger charge is -2.34. The number of fused-ring (bicyclic) bond motifs is 1. The Morgan fingerprint density at radius 3 is 2.10 bits per heavy atom. The van der Waals surface area contributed by atoms with E-state index in [0.29, 0.717) is 6.54 Å². The molecule has 1 saturated heterocycles. The summed E-state index contributed by atoms with van der Waals surface area (Å²) in [5.74, 6) is -0.278. The maximum atomic E-state index is 13.3. The highest BCUT2D eigenvalue weighted by atomic mass is 16.6. The van der Waals surface area contributed by atoms with Gasteiger partial charge in [0.25, 0.3) is 0 Å². The maximum absolute atomic E-state index is 13.3. The molecule has 1 aromatic rings. The van der Waals surface area contributed by atoms with Crippen molar-refractivity contribution in [3.63, 3.8) is 0 Å². The van der Waals surface area contributed by atoms with Crippen LogP contribution in [0.1, 0.15) is 90.2 Å². The minimum Gasteiger partial charge on any atom is -0.444 e. The molecule has 1 aromatic carbocycles. The van der Waals surface area contributed by atoms with Gasteiger partial charge in [0.15, 0.2) is 0 Å². The number of benzene rings is 1. The van der Waals surface area contributed by atoms with Crippen molar-refractivity contribution < 1.29 is 23.9 Å². The van der Waals surface area contributed by atoms with Gasteiger partial charge in [0.05, 0.1) is 0 Å². The van der Waals surface area contributed by atoms with Gasteiger partial charge in [-0.05, 0) is 89.7 Å². The van der Waals surface area contributed by atoms with Gasteiger partial charge in [0.1, 0.15) is 18.2 Å². The summed E-state index contributed by atoms with van der Waals surface area (Å²) in [4.78, 5) is 49.7. The van der Waals surface area contributed by atoms with E-state index in [-0.39, 0.29) is 42.8 Å². The second-order valence-corrected chi connectivity index (χ2v) is 12.7. The van der Waals surface area contributed by atoms with Crippen LogP contribution in [-0.4, -0.2) is 78.0 Å². The van der Waals surface area contributed by atoms with Crippen LogP contribution in [0.2, 0.25) is 0 Å². The zero-order valence-electron chi connectivity index (χ0n) is 26.3. The molecule has 0 radical (unpaired) electrons. The highest BCUT2D eigenvalue weighted by Crippen LogP contribution is 2.29. The molecule has 0 bridgehead atoms. The molecule has 3 unspecified atom stereocenters. The van der Waals surface area contributed by atoms with Gasteiger partial charge in [-0.2, -0.15) is 0 Å². The number of hydrogen-bond donors (Lipinski definition) is 3. The quantitative estimate of drug-likeness (QED) is 0.449. The molecule has 3 aliphatic rings. The fraction of sp³-hybridized carbons (Fsp3) is 0.688. The van der Waals surface area contributed by atoms with Crippen LogP contribution < -0.4 is 16.8 Å². The van der Waals surface area contributed by atoms with Crippen molar-refractivity contribution in [3.8, 4) is 0 Å². The predicted octanol–water partition coefficient (Wildman–Crippen LogP) is 3.53. The summed E-state index contributed by atoms with van der Waals surface area (Å²) < 4.78 is 5.29. The predicted molar refractivity (Wildman–Crippen MR) is 164 cm³/mol. The van der Waals surface area contributed by atoms with E-state index in [1.165, 1.54) is 37.6 Å². The van der Waals surface area contributed by atoms with Crippen LogP contribution in [0.5, 0.6) is 0 Å². The van der Waals surface area contributed by atoms with Gasteiger partial charge in [0, 0.05) is 25.7 Å². The average Bonchev–Trinajstić information content (AvgIpc) is 3.29. The van der Waals surface area contributed by atoms with E-state index in [4.69, 9.17) is 15.3 Å². The van der Waals surface area contributed by atoms with Crippen LogP contribution in [-0.2, 0) is 32.0 Å². The Hall–Kier alpha value is -3.14. The molecule has 2 aliphatic carbocycles. The number of carbonyl (C=O) groups excluding carboxylic acids is 4. The van der Waals surface area contributed by atoms with E-state index < -0.39 is 17.7 Å². The third-order valence-corrected chi connectivity index (χ3v) is 7.94. The molecule has 3 atom stereocenters. The van der Waals surface area contributed by atoms with Crippen molar-refractivity contribution >= 4 is 24.3 Å². The molecule has 42 heavy (non-hydrogen) atoms. The van der Waals surface area contributed by atoms with Crippen molar-refractivity contribution in [1.29, 1.82) is 0 Å². The Bertz CT molecular complexity index is 996. The summed E-state index contributed by atoms with van der Waals surface area (Å²) in [7, 11) is 1.52. The lowest BCUT2D eigenvalue weighted by Crippen LogP contribution is -2.55. The number of nitrogens with two attached hydrogens (primary N) is 2. The van der Waals surface area contributed by atoms with Gasteiger partial charge < -0.3 is 31.3 Å². The fourth-order valence-electron chi connectivity index (χ4n) is 5.92. The summed E-state index contributed by atoms with van der Waals surface area (Å²) in [6.45, 7) is 7.70. The zero-order valence-corrected chi connectivity index (χ0v) is 26.3. The summed E-state index contributed by atoms with van der Waals surface area (Å²) in [5, 5.41) is 2.93. The third kappa shape index (κ3) is 11.6. The van der Waals surface area contributed by atoms with Crippen LogP contribution in [0.25, 0.3) is 0 Å². The molecule has 4 amide bonds. The zero-order chi connectivity index (χ0) is 31.3. The van der Waals surface area contributed by atoms with Gasteiger partial charge in [-0.25, -0.2) is 4.79 Å². The van der Waals surface area contributed by atoms with Crippen LogP contribution >= 0.6 is 0 Å². The molecule has 5 N–H and O–H groups in total. The number of aryl methyl sites for hydroxylation is 2. The first-order valence-corrected chi connectivity index (χ1v) is 15.4. The van der Waals surface area contributed by atoms with E-state index in [1.54, 1.807) is 31.9 Å². The molecule has 0 aromatic heterocycles. The van der Waals surface area contributed by atoms with Gasteiger partial charge in [-0.1, -0.05) is 43.5 Å². The number of likely N-dealkylation sites (tertiary alicyclic amines) is 1. The number of primary amides is 1. The van der Waals surface area contributed by atoms with Gasteiger partial charge in [0.2, 0.25) is 18.2 Å². The lowest BCUT2D eigenvalue weighted by atomic mass is 9.83. The number of likely N-dealkylation sites (N-methyl/N-ethyl adjacent to an activating group) is 1. The first-order chi connectivity index (χ1) is 19.9. The normalized spacial score (nSPS) is 20.9. The summed E-state index contributed by atoms with van der Waals surface area (Å²) in [6, 6.07) is 8.29. The molecule has 1 saturated carbocycles. The van der Waals surface area contributed by atoms with E-state index in [1.807, 2.05) is 11.8 Å². The molecule has 10 nitrogen and oxygen atoms in total. The SMILES string of the molecule is CC1CC(N)CN1C(=O)C(NC(=O)CN(C)C(=O)OC(C)(C)C)C1CCCCC1.NC=O.c1ccc2c(c1)CCCC2. The molecule has 2 fully saturated rings. The summed E-state index contributed by atoms with van der Waals surface area (Å²) >= 11 is 0. The van der Waals surface area contributed by atoms with Crippen LogP contribution in [0.15, 0.2) is 24.3 Å². The highest BCUT2D eigenvalue weighted by molar-refractivity contribution is 5.90. The Kier molecular flexibility index (Phi) is 14.3. The van der Waals surface area contributed by atoms with Crippen molar-refractivity contribution in [1.82, 2.24) is 15.1 Å². The van der Waals surface area contributed by atoms with Crippen LogP contribution in [0.3, 0.4) is 0 Å². The molecule has 10 heteroatoms. The van der Waals surface area contributed by atoms with E-state index >= 15 is 0 Å². The first kappa shape index (κ1) is 35.1. The molecular formula is C32H53N5O5. The number of carbonyl (C=O) groups is 4. The van der Waals surface area contributed by atoms with E-state index in [0.717, 1.165) is 38.5 Å². The second-order valence-electron chi connectivity index (χ2n) is 12.7. The standard InChI is InChI=1S/C21H38N4O4.C10H12.CH3NO/c1-14-11-16(22)12-25(14)19(27)18(15-9-7-6-8-10-15)23-17(26)13-24(5)20(28)29-21(2,3)4;1-2-6-10-8-4-3-7-9(10)5-1;2-1-3/h14-16,18H,6-13,22H2,1-5H3,(H,23,26);1-2,5-6H,3-4,7-8H2;1H,(H2,2,3). The van der Waals surface area contributed by atoms with Crippen molar-refractivity contribution in [2.45, 2.75) is 116 Å². The van der Waals surface area contributed by atoms with Gasteiger partial charge in [-0.3, -0.25) is 14.4 Å². The van der Waals surface area contributed by atoms with Gasteiger partial charge >= 0.3 is 6.09 Å². The van der Waals surface area contributed by atoms with Gasteiger partial charge in [-0.15, -0.1) is 0 Å². The highest BCUT2D eigenvalue weighted by Gasteiger charge is 2.39. The number of amides is 4. The Balaban J connectivity index is 0.000000387. The molecular weight excluding hydrogens is 534 g/mol. The number of hydrogen-bond acceptors (Lipinski definition) is 6. The molecule has 4 rings (SSSR count). The number of nitrogens with zero attached hydrogens (tertiary/aromatic N) is 2. The Morgan fingerprint density at radius 2 is 1.62 bits per heavy atom. The number of ether oxygens (including phenoxy) is 1. The van der Waals surface area contributed by atoms with E-state index in [9.17, 15) is 14.4 Å². The third-order valence-electron chi connectivity index (χ3n) is 7.94. The maximum Gasteiger partial charge on any atom is 0.410 e. The second kappa shape index (κ2) is 17.1.